The minimum atomic E-state index is -0.415. The maximum Gasteiger partial charge on any atom is 0.307 e. The van der Waals surface area contributed by atoms with E-state index in [2.05, 4.69) is 25.3 Å². The molecule has 0 amide bonds. The van der Waals surface area contributed by atoms with Crippen molar-refractivity contribution >= 4 is 11.9 Å². The molecule has 0 rings (SSSR count). The molecule has 0 atom stereocenters. The highest BCUT2D eigenvalue weighted by Crippen LogP contribution is 2.09. The number of carbonyl (C=O) groups is 2. The van der Waals surface area contributed by atoms with Crippen LogP contribution in [0, 0.1) is 11.8 Å². The zero-order valence-electron chi connectivity index (χ0n) is 15.8. The molecular formula is C21H34O4. The number of ether oxygens (including phenoxy) is 2. The van der Waals surface area contributed by atoms with E-state index in [9.17, 15) is 9.59 Å². The Labute approximate surface area is 153 Å². The fourth-order valence-corrected chi connectivity index (χ4v) is 2.21. The second-order valence-electron chi connectivity index (χ2n) is 6.04. The summed E-state index contributed by atoms with van der Waals surface area (Å²) in [6, 6.07) is 0. The van der Waals surface area contributed by atoms with E-state index >= 15 is 0 Å². The smallest absolute Gasteiger partial charge is 0.307 e. The lowest BCUT2D eigenvalue weighted by Crippen LogP contribution is -2.10. The van der Waals surface area contributed by atoms with Gasteiger partial charge in [0.25, 0.3) is 0 Å². The Balaban J connectivity index is 3.43. The van der Waals surface area contributed by atoms with Crippen LogP contribution in [0.5, 0.6) is 0 Å². The number of hydrogen-bond donors (Lipinski definition) is 0. The van der Waals surface area contributed by atoms with Gasteiger partial charge in [0, 0.05) is 6.42 Å². The van der Waals surface area contributed by atoms with Crippen molar-refractivity contribution in [1.82, 2.24) is 0 Å². The fraction of sp³-hybridized carbons (Fsp3) is 0.714. The number of rotatable bonds is 15. The van der Waals surface area contributed by atoms with Crippen LogP contribution in [0.2, 0.25) is 0 Å². The summed E-state index contributed by atoms with van der Waals surface area (Å²) in [5.41, 5.74) is 0. The Bertz CT molecular complexity index is 417. The molecule has 0 aromatic heterocycles. The van der Waals surface area contributed by atoms with Crippen LogP contribution < -0.4 is 0 Å². The summed E-state index contributed by atoms with van der Waals surface area (Å²) in [4.78, 5) is 22.8. The second-order valence-corrected chi connectivity index (χ2v) is 6.04. The molecule has 0 heterocycles. The Kier molecular flexibility index (Phi) is 17.3. The molecule has 0 aliphatic rings. The summed E-state index contributed by atoms with van der Waals surface area (Å²) >= 11 is 0. The van der Waals surface area contributed by atoms with E-state index in [4.69, 9.17) is 9.47 Å². The highest BCUT2D eigenvalue weighted by molar-refractivity contribution is 5.77. The van der Waals surface area contributed by atoms with E-state index in [0.717, 1.165) is 12.8 Å². The van der Waals surface area contributed by atoms with Crippen LogP contribution in [0.4, 0.5) is 0 Å². The summed E-state index contributed by atoms with van der Waals surface area (Å²) in [5.74, 6) is 5.06. The van der Waals surface area contributed by atoms with Gasteiger partial charge in [0.1, 0.15) is 0 Å². The molecule has 0 saturated heterocycles. The Morgan fingerprint density at radius 1 is 0.880 bits per heavy atom. The van der Waals surface area contributed by atoms with E-state index < -0.39 is 5.97 Å². The number of hydrogen-bond acceptors (Lipinski definition) is 4. The minimum absolute atomic E-state index is 0.0344. The normalized spacial score (nSPS) is 9.80. The van der Waals surface area contributed by atoms with Gasteiger partial charge in [-0.05, 0) is 12.8 Å². The first-order valence-electron chi connectivity index (χ1n) is 9.58. The van der Waals surface area contributed by atoms with Crippen LogP contribution in [-0.4, -0.2) is 25.2 Å². The lowest BCUT2D eigenvalue weighted by Gasteiger charge is -2.02. The molecule has 0 aromatic carbocycles. The van der Waals surface area contributed by atoms with E-state index in [0.29, 0.717) is 13.0 Å². The fourth-order valence-electron chi connectivity index (χ4n) is 2.21. The van der Waals surface area contributed by atoms with Crippen molar-refractivity contribution in [3.8, 4) is 11.8 Å². The average Bonchev–Trinajstić information content (AvgIpc) is 2.61. The van der Waals surface area contributed by atoms with Crippen molar-refractivity contribution in [2.45, 2.75) is 84.0 Å². The third-order valence-electron chi connectivity index (χ3n) is 3.70. The molecule has 4 nitrogen and oxygen atoms in total. The predicted molar refractivity (Wildman–Crippen MR) is 101 cm³/mol. The molecule has 0 spiro atoms. The number of unbranched alkanes of at least 4 members (excludes halogenated alkanes) is 8. The standard InChI is InChI=1S/C21H34O4/c1-3-5-7-8-9-10-11-12-13-14-15-19-25-21(23)17-16-20(22)24-18-6-4-2/h4H,2-3,5-13,16-19H2,1H3. The molecule has 0 fully saturated rings. The summed E-state index contributed by atoms with van der Waals surface area (Å²) in [6.45, 7) is 6.17. The predicted octanol–water partition coefficient (Wildman–Crippen LogP) is 4.96. The Morgan fingerprint density at radius 3 is 2.12 bits per heavy atom. The molecule has 0 aromatic rings. The highest BCUT2D eigenvalue weighted by Gasteiger charge is 2.08. The third kappa shape index (κ3) is 18.4. The van der Waals surface area contributed by atoms with Gasteiger partial charge in [-0.15, -0.1) is 6.58 Å². The van der Waals surface area contributed by atoms with Crippen LogP contribution in [0.15, 0.2) is 12.7 Å². The molecule has 4 heteroatoms. The maximum atomic E-state index is 11.4. The summed E-state index contributed by atoms with van der Waals surface area (Å²) in [5, 5.41) is 0. The Hall–Kier alpha value is -1.76. The van der Waals surface area contributed by atoms with E-state index in [-0.39, 0.29) is 25.4 Å². The minimum Gasteiger partial charge on any atom is -0.465 e. The van der Waals surface area contributed by atoms with Crippen molar-refractivity contribution in [3.63, 3.8) is 0 Å². The third-order valence-corrected chi connectivity index (χ3v) is 3.70. The lowest BCUT2D eigenvalue weighted by molar-refractivity contribution is -0.149. The molecule has 0 aliphatic carbocycles. The summed E-state index contributed by atoms with van der Waals surface area (Å²) in [6.07, 6.45) is 13.5. The van der Waals surface area contributed by atoms with Crippen LogP contribution in [0.1, 0.15) is 84.0 Å². The maximum absolute atomic E-state index is 11.4. The van der Waals surface area contributed by atoms with Crippen LogP contribution >= 0.6 is 0 Å². The zero-order valence-corrected chi connectivity index (χ0v) is 15.8. The van der Waals surface area contributed by atoms with Gasteiger partial charge in [-0.2, -0.15) is 0 Å². The summed E-state index contributed by atoms with van der Waals surface area (Å²) in [7, 11) is 0. The molecule has 0 N–H and O–H groups in total. The molecule has 0 saturated carbocycles. The average molecular weight is 350 g/mol. The Morgan fingerprint density at radius 2 is 1.48 bits per heavy atom. The molecule has 0 bridgehead atoms. The van der Waals surface area contributed by atoms with Gasteiger partial charge >= 0.3 is 11.9 Å². The first kappa shape index (κ1) is 23.2. The highest BCUT2D eigenvalue weighted by atomic mass is 16.5. The van der Waals surface area contributed by atoms with Gasteiger partial charge in [0.05, 0.1) is 19.4 Å². The quantitative estimate of drug-likeness (QED) is 0.181. The van der Waals surface area contributed by atoms with E-state index in [1.807, 2.05) is 0 Å². The molecule has 0 aliphatic heterocycles. The molecule has 25 heavy (non-hydrogen) atoms. The van der Waals surface area contributed by atoms with Crippen LogP contribution in [0.3, 0.4) is 0 Å². The molecular weight excluding hydrogens is 316 g/mol. The van der Waals surface area contributed by atoms with Gasteiger partial charge in [-0.3, -0.25) is 9.59 Å². The van der Waals surface area contributed by atoms with E-state index in [1.54, 1.807) is 6.08 Å². The van der Waals surface area contributed by atoms with Crippen LogP contribution in [-0.2, 0) is 19.1 Å². The van der Waals surface area contributed by atoms with Crippen molar-refractivity contribution in [2.24, 2.45) is 0 Å². The van der Waals surface area contributed by atoms with E-state index in [1.165, 1.54) is 44.9 Å². The lowest BCUT2D eigenvalue weighted by atomic mass is 10.1. The van der Waals surface area contributed by atoms with Gasteiger partial charge in [0.2, 0.25) is 0 Å². The SMILES string of the molecule is C=CCCOC(=O)CCC(=O)OCC#CCCCCCCCCCC. The number of esters is 2. The molecule has 0 radical (unpaired) electrons. The molecule has 0 unspecified atom stereocenters. The second kappa shape index (κ2) is 18.6. The van der Waals surface area contributed by atoms with Crippen molar-refractivity contribution in [2.75, 3.05) is 13.2 Å². The van der Waals surface area contributed by atoms with Gasteiger partial charge < -0.3 is 9.47 Å². The van der Waals surface area contributed by atoms with Crippen LogP contribution in [0.25, 0.3) is 0 Å². The van der Waals surface area contributed by atoms with Gasteiger partial charge in [-0.1, -0.05) is 69.8 Å². The first-order valence-corrected chi connectivity index (χ1v) is 9.58. The van der Waals surface area contributed by atoms with Crippen molar-refractivity contribution < 1.29 is 19.1 Å². The van der Waals surface area contributed by atoms with Crippen molar-refractivity contribution in [1.29, 1.82) is 0 Å². The monoisotopic (exact) mass is 350 g/mol. The van der Waals surface area contributed by atoms with Gasteiger partial charge in [-0.25, -0.2) is 0 Å². The zero-order chi connectivity index (χ0) is 18.6. The summed E-state index contributed by atoms with van der Waals surface area (Å²) < 4.78 is 9.87. The first-order chi connectivity index (χ1) is 12.2. The largest absolute Gasteiger partial charge is 0.465 e. The van der Waals surface area contributed by atoms with Crippen molar-refractivity contribution in [3.05, 3.63) is 12.7 Å². The molecule has 142 valence electrons. The van der Waals surface area contributed by atoms with Gasteiger partial charge in [0.15, 0.2) is 6.61 Å². The number of carbonyl (C=O) groups excluding carboxylic acids is 2. The topological polar surface area (TPSA) is 52.6 Å².